The van der Waals surface area contributed by atoms with E-state index in [1.54, 1.807) is 56.3 Å². The Hall–Kier alpha value is -2.88. The van der Waals surface area contributed by atoms with Crippen molar-refractivity contribution in [1.82, 2.24) is 4.98 Å². The van der Waals surface area contributed by atoms with Crippen molar-refractivity contribution in [3.05, 3.63) is 84.2 Å². The summed E-state index contributed by atoms with van der Waals surface area (Å²) in [5, 5.41) is 0. The SMILES string of the molecule is C/C(=N\SOOc1ccccc1)c1ccc(/C(C)=N/S(=O)(=O)c2ccccc2)[nH]1. The zero-order valence-electron chi connectivity index (χ0n) is 15.8. The van der Waals surface area contributed by atoms with Crippen LogP contribution in [0.1, 0.15) is 25.2 Å². The maximum Gasteiger partial charge on any atom is 0.282 e. The summed E-state index contributed by atoms with van der Waals surface area (Å²) in [5.74, 6) is 0.571. The fraction of sp³-hybridized carbons (Fsp3) is 0.100. The van der Waals surface area contributed by atoms with E-state index in [1.165, 1.54) is 12.1 Å². The highest BCUT2D eigenvalue weighted by atomic mass is 32.2. The molecular formula is C20H19N3O4S2. The molecule has 2 aromatic carbocycles. The van der Waals surface area contributed by atoms with E-state index >= 15 is 0 Å². The zero-order valence-corrected chi connectivity index (χ0v) is 17.4. The van der Waals surface area contributed by atoms with E-state index in [0.29, 0.717) is 28.6 Å². The minimum absolute atomic E-state index is 0.149. The first-order valence-electron chi connectivity index (χ1n) is 8.62. The molecule has 0 unspecified atom stereocenters. The molecule has 0 saturated heterocycles. The summed E-state index contributed by atoms with van der Waals surface area (Å²) >= 11 is 0.796. The second-order valence-corrected chi connectivity index (χ2v) is 8.04. The van der Waals surface area contributed by atoms with Crippen LogP contribution in [0.4, 0.5) is 0 Å². The molecule has 3 rings (SSSR count). The average molecular weight is 430 g/mol. The van der Waals surface area contributed by atoms with Crippen molar-refractivity contribution in [3.8, 4) is 5.75 Å². The number of hydrogen-bond donors (Lipinski definition) is 1. The van der Waals surface area contributed by atoms with Gasteiger partial charge in [0.05, 0.1) is 27.7 Å². The molecular weight excluding hydrogens is 410 g/mol. The maximum atomic E-state index is 12.4. The molecule has 0 atom stereocenters. The fourth-order valence-corrected chi connectivity index (χ4v) is 3.76. The van der Waals surface area contributed by atoms with Gasteiger partial charge in [-0.25, -0.2) is 0 Å². The smallest absolute Gasteiger partial charge is 0.282 e. The monoisotopic (exact) mass is 429 g/mol. The molecule has 1 N–H and O–H groups in total. The summed E-state index contributed by atoms with van der Waals surface area (Å²) in [7, 11) is -3.77. The molecule has 0 saturated carbocycles. The number of nitrogens with one attached hydrogen (secondary N) is 1. The number of sulfonamides is 1. The number of H-pyrrole nitrogens is 1. The van der Waals surface area contributed by atoms with Crippen LogP contribution in [0.15, 0.2) is 86.5 Å². The Labute approximate surface area is 173 Å². The van der Waals surface area contributed by atoms with Crippen molar-refractivity contribution in [2.24, 2.45) is 8.80 Å². The molecule has 150 valence electrons. The van der Waals surface area contributed by atoms with Gasteiger partial charge in [-0.05, 0) is 50.2 Å². The quantitative estimate of drug-likeness (QED) is 0.141. The van der Waals surface area contributed by atoms with Crippen LogP contribution < -0.4 is 4.89 Å². The van der Waals surface area contributed by atoms with Crippen LogP contribution >= 0.6 is 12.2 Å². The van der Waals surface area contributed by atoms with Crippen molar-refractivity contribution in [2.75, 3.05) is 0 Å². The van der Waals surface area contributed by atoms with Gasteiger partial charge < -0.3 is 9.87 Å². The lowest BCUT2D eigenvalue weighted by atomic mass is 10.3. The summed E-state index contributed by atoms with van der Waals surface area (Å²) < 4.78 is 37.9. The Morgan fingerprint density at radius 1 is 0.862 bits per heavy atom. The fourth-order valence-electron chi connectivity index (χ4n) is 2.34. The summed E-state index contributed by atoms with van der Waals surface area (Å²) in [5.41, 5.74) is 2.30. The van der Waals surface area contributed by atoms with Gasteiger partial charge in [-0.1, -0.05) is 40.7 Å². The second kappa shape index (κ2) is 9.55. The van der Waals surface area contributed by atoms with Crippen LogP contribution in [0, 0.1) is 0 Å². The predicted molar refractivity (Wildman–Crippen MR) is 115 cm³/mol. The Morgan fingerprint density at radius 3 is 2.10 bits per heavy atom. The van der Waals surface area contributed by atoms with Crippen LogP contribution in [0.5, 0.6) is 5.75 Å². The van der Waals surface area contributed by atoms with E-state index in [-0.39, 0.29) is 4.90 Å². The first kappa shape index (κ1) is 20.8. The summed E-state index contributed by atoms with van der Waals surface area (Å²) in [6.45, 7) is 3.43. The van der Waals surface area contributed by atoms with Gasteiger partial charge in [0.15, 0.2) is 18.0 Å². The highest BCUT2D eigenvalue weighted by Gasteiger charge is 2.14. The standard InChI is InChI=1S/C20H19N3O4S2/c1-15(22-28-27-26-17-9-5-3-6-10-17)19-13-14-20(21-19)16(2)23-29(24,25)18-11-7-4-8-12-18/h3-14,21H,1-2H3/b22-15+,23-16+. The summed E-state index contributed by atoms with van der Waals surface area (Å²) in [6, 6.07) is 20.7. The zero-order chi connectivity index (χ0) is 20.7. The van der Waals surface area contributed by atoms with Crippen molar-refractivity contribution in [2.45, 2.75) is 18.7 Å². The largest absolute Gasteiger partial charge is 0.353 e. The third-order valence-corrected chi connectivity index (χ3v) is 5.70. The van der Waals surface area contributed by atoms with Crippen molar-refractivity contribution in [3.63, 3.8) is 0 Å². The number of hydrogen-bond acceptors (Lipinski definition) is 6. The number of para-hydroxylation sites is 1. The van der Waals surface area contributed by atoms with Gasteiger partial charge in [0.1, 0.15) is 0 Å². The molecule has 0 aliphatic carbocycles. The number of aromatic nitrogens is 1. The van der Waals surface area contributed by atoms with Crippen LogP contribution in [0.3, 0.4) is 0 Å². The minimum atomic E-state index is -3.77. The number of rotatable bonds is 8. The first-order valence-corrected chi connectivity index (χ1v) is 10.8. The van der Waals surface area contributed by atoms with E-state index in [1.807, 2.05) is 18.2 Å². The highest BCUT2D eigenvalue weighted by molar-refractivity contribution is 7.93. The van der Waals surface area contributed by atoms with Crippen molar-refractivity contribution in [1.29, 1.82) is 0 Å². The van der Waals surface area contributed by atoms with E-state index < -0.39 is 10.0 Å². The average Bonchev–Trinajstić information content (AvgIpc) is 3.23. The molecule has 0 amide bonds. The molecule has 0 aliphatic rings. The van der Waals surface area contributed by atoms with Crippen LogP contribution in [0.25, 0.3) is 0 Å². The van der Waals surface area contributed by atoms with Gasteiger partial charge in [-0.15, -0.1) is 0 Å². The van der Waals surface area contributed by atoms with Gasteiger partial charge in [0.25, 0.3) is 10.0 Å². The predicted octanol–water partition coefficient (Wildman–Crippen LogP) is 4.60. The molecule has 0 spiro atoms. The van der Waals surface area contributed by atoms with Gasteiger partial charge in [0.2, 0.25) is 0 Å². The lowest BCUT2D eigenvalue weighted by molar-refractivity contribution is -0.0776. The molecule has 0 fully saturated rings. The summed E-state index contributed by atoms with van der Waals surface area (Å²) in [4.78, 5) is 8.35. The molecule has 0 bridgehead atoms. The molecule has 1 aromatic heterocycles. The molecule has 3 aromatic rings. The van der Waals surface area contributed by atoms with Gasteiger partial charge in [-0.3, -0.25) is 0 Å². The van der Waals surface area contributed by atoms with E-state index in [0.717, 1.165) is 12.2 Å². The van der Waals surface area contributed by atoms with E-state index in [9.17, 15) is 8.42 Å². The minimum Gasteiger partial charge on any atom is -0.353 e. The summed E-state index contributed by atoms with van der Waals surface area (Å²) in [6.07, 6.45) is 0. The maximum absolute atomic E-state index is 12.4. The molecule has 7 nitrogen and oxygen atoms in total. The van der Waals surface area contributed by atoms with E-state index in [2.05, 4.69) is 13.8 Å². The molecule has 1 heterocycles. The Kier molecular flexibility index (Phi) is 6.86. The first-order chi connectivity index (χ1) is 14.0. The molecule has 0 aliphatic heterocycles. The third-order valence-electron chi connectivity index (χ3n) is 3.84. The Morgan fingerprint density at radius 2 is 1.45 bits per heavy atom. The molecule has 29 heavy (non-hydrogen) atoms. The highest BCUT2D eigenvalue weighted by Crippen LogP contribution is 2.16. The normalized spacial score (nSPS) is 12.8. The van der Waals surface area contributed by atoms with Gasteiger partial charge in [-0.2, -0.15) is 17.2 Å². The Bertz CT molecular complexity index is 1110. The van der Waals surface area contributed by atoms with Crippen LogP contribution in [-0.4, -0.2) is 24.8 Å². The Balaban J connectivity index is 1.64. The van der Waals surface area contributed by atoms with Gasteiger partial charge in [0, 0.05) is 0 Å². The van der Waals surface area contributed by atoms with Crippen molar-refractivity contribution < 1.29 is 17.6 Å². The second-order valence-electron chi connectivity index (χ2n) is 5.97. The lowest BCUT2D eigenvalue weighted by Gasteiger charge is -2.02. The van der Waals surface area contributed by atoms with E-state index in [4.69, 9.17) is 9.22 Å². The number of aromatic amines is 1. The van der Waals surface area contributed by atoms with Crippen molar-refractivity contribution >= 4 is 33.7 Å². The topological polar surface area (TPSA) is 93.1 Å². The molecule has 9 heteroatoms. The third kappa shape index (κ3) is 5.80. The van der Waals surface area contributed by atoms with Crippen LogP contribution in [-0.2, 0) is 14.4 Å². The van der Waals surface area contributed by atoms with Crippen LogP contribution in [0.2, 0.25) is 0 Å². The molecule has 0 radical (unpaired) electrons. The lowest BCUT2D eigenvalue weighted by Crippen LogP contribution is -2.04. The van der Waals surface area contributed by atoms with Gasteiger partial charge >= 0.3 is 0 Å². The number of benzene rings is 2. The number of nitrogens with zero attached hydrogens (tertiary/aromatic N) is 2.